The van der Waals surface area contributed by atoms with Crippen molar-refractivity contribution in [3.8, 4) is 0 Å². The van der Waals surface area contributed by atoms with Gasteiger partial charge in [-0.15, -0.1) is 0 Å². The van der Waals surface area contributed by atoms with Crippen molar-refractivity contribution in [3.63, 3.8) is 0 Å². The molecule has 1 aromatic heterocycles. The lowest BCUT2D eigenvalue weighted by Gasteiger charge is -2.25. The molecule has 0 atom stereocenters. The third-order valence-electron chi connectivity index (χ3n) is 6.22. The molecule has 3 amide bonds. The van der Waals surface area contributed by atoms with Crippen molar-refractivity contribution in [2.75, 3.05) is 47.4 Å². The molecule has 3 aromatic rings. The molecule has 0 unspecified atom stereocenters. The fourth-order valence-electron chi connectivity index (χ4n) is 4.13. The molecule has 4 N–H and O–H groups in total. The fraction of sp³-hybridized carbons (Fsp3) is 0.308. The standard InChI is InChI=1S/C26H28F3N7O2/c1-17-7-8-20(33-24(37)18-5-4-6-19(13-18)26(27,28)29)14-21(17)34-25(38)36(12-11-35-9-2-3-10-35)23-15-22(30)31-16-32-23/h4-8,13-16H,2-3,9-12H2,1H3,(H,33,37)(H,34,38)(H2,30,31,32). The van der Waals surface area contributed by atoms with E-state index in [1.54, 1.807) is 25.1 Å². The van der Waals surface area contributed by atoms with Gasteiger partial charge in [-0.05, 0) is 68.8 Å². The first-order valence-corrected chi connectivity index (χ1v) is 12.1. The van der Waals surface area contributed by atoms with Crippen LogP contribution in [0.5, 0.6) is 0 Å². The average Bonchev–Trinajstić information content (AvgIpc) is 3.39. The number of hydrogen-bond acceptors (Lipinski definition) is 6. The molecule has 12 heteroatoms. The Morgan fingerprint density at radius 1 is 1.05 bits per heavy atom. The minimum atomic E-state index is -4.56. The Labute approximate surface area is 217 Å². The molecule has 1 fully saturated rings. The van der Waals surface area contributed by atoms with Gasteiger partial charge in [0.2, 0.25) is 0 Å². The van der Waals surface area contributed by atoms with Crippen LogP contribution in [0, 0.1) is 6.92 Å². The SMILES string of the molecule is Cc1ccc(NC(=O)c2cccc(C(F)(F)F)c2)cc1NC(=O)N(CCN1CCCC1)c1cc(N)ncn1. The van der Waals surface area contributed by atoms with Crippen LogP contribution < -0.4 is 21.3 Å². The second kappa shape index (κ2) is 11.5. The molecule has 1 aliphatic rings. The quantitative estimate of drug-likeness (QED) is 0.408. The molecule has 38 heavy (non-hydrogen) atoms. The number of carbonyl (C=O) groups excluding carboxylic acids is 2. The summed E-state index contributed by atoms with van der Waals surface area (Å²) in [4.78, 5) is 37.9. The highest BCUT2D eigenvalue weighted by Crippen LogP contribution is 2.30. The molecule has 0 spiro atoms. The Morgan fingerprint density at radius 2 is 1.82 bits per heavy atom. The van der Waals surface area contributed by atoms with Crippen LogP contribution in [0.3, 0.4) is 0 Å². The van der Waals surface area contributed by atoms with Crippen molar-refractivity contribution in [2.45, 2.75) is 25.9 Å². The van der Waals surface area contributed by atoms with Crippen LogP contribution in [0.2, 0.25) is 0 Å². The van der Waals surface area contributed by atoms with Gasteiger partial charge < -0.3 is 21.3 Å². The number of nitrogens with one attached hydrogen (secondary N) is 2. The number of hydrogen-bond donors (Lipinski definition) is 3. The predicted octanol–water partition coefficient (Wildman–Crippen LogP) is 4.77. The van der Waals surface area contributed by atoms with Crippen molar-refractivity contribution in [2.24, 2.45) is 0 Å². The molecule has 0 radical (unpaired) electrons. The van der Waals surface area contributed by atoms with Gasteiger partial charge in [-0.3, -0.25) is 9.69 Å². The van der Waals surface area contributed by atoms with E-state index in [2.05, 4.69) is 25.5 Å². The molecule has 1 saturated heterocycles. The second-order valence-electron chi connectivity index (χ2n) is 8.99. The first-order valence-electron chi connectivity index (χ1n) is 12.1. The Bertz CT molecular complexity index is 1310. The molecule has 0 aliphatic carbocycles. The molecule has 0 bridgehead atoms. The molecule has 4 rings (SSSR count). The molecule has 2 aromatic carbocycles. The van der Waals surface area contributed by atoms with Gasteiger partial charge in [-0.2, -0.15) is 13.2 Å². The maximum Gasteiger partial charge on any atom is 0.416 e. The minimum Gasteiger partial charge on any atom is -0.384 e. The number of urea groups is 1. The number of nitrogens with two attached hydrogens (primary N) is 1. The number of nitrogen functional groups attached to an aromatic ring is 1. The predicted molar refractivity (Wildman–Crippen MR) is 139 cm³/mol. The highest BCUT2D eigenvalue weighted by atomic mass is 19.4. The zero-order chi connectivity index (χ0) is 27.3. The van der Waals surface area contributed by atoms with Crippen molar-refractivity contribution in [1.82, 2.24) is 14.9 Å². The fourth-order valence-corrected chi connectivity index (χ4v) is 4.13. The van der Waals surface area contributed by atoms with Gasteiger partial charge in [-0.1, -0.05) is 12.1 Å². The van der Waals surface area contributed by atoms with Gasteiger partial charge in [0.05, 0.1) is 5.56 Å². The number of amides is 3. The first-order chi connectivity index (χ1) is 18.1. The average molecular weight is 528 g/mol. The van der Waals surface area contributed by atoms with Crippen molar-refractivity contribution < 1.29 is 22.8 Å². The monoisotopic (exact) mass is 527 g/mol. The topological polar surface area (TPSA) is 116 Å². The van der Waals surface area contributed by atoms with Gasteiger partial charge >= 0.3 is 12.2 Å². The summed E-state index contributed by atoms with van der Waals surface area (Å²) in [7, 11) is 0. The first kappa shape index (κ1) is 26.9. The van der Waals surface area contributed by atoms with Gasteiger partial charge in [0.15, 0.2) is 0 Å². The number of nitrogens with zero attached hydrogens (tertiary/aromatic N) is 4. The lowest BCUT2D eigenvalue weighted by atomic mass is 10.1. The van der Waals surface area contributed by atoms with Crippen LogP contribution >= 0.6 is 0 Å². The van der Waals surface area contributed by atoms with Crippen LogP contribution in [0.15, 0.2) is 54.9 Å². The number of benzene rings is 2. The van der Waals surface area contributed by atoms with Gasteiger partial charge in [-0.25, -0.2) is 14.8 Å². The maximum atomic E-state index is 13.4. The third kappa shape index (κ3) is 6.76. The molecule has 2 heterocycles. The second-order valence-corrected chi connectivity index (χ2v) is 8.99. The summed E-state index contributed by atoms with van der Waals surface area (Å²) < 4.78 is 39.1. The molecule has 0 saturated carbocycles. The number of aromatic nitrogens is 2. The van der Waals surface area contributed by atoms with E-state index in [1.165, 1.54) is 29.4 Å². The van der Waals surface area contributed by atoms with Crippen molar-refractivity contribution in [3.05, 3.63) is 71.5 Å². The van der Waals surface area contributed by atoms with E-state index in [-0.39, 0.29) is 11.4 Å². The van der Waals surface area contributed by atoms with E-state index in [4.69, 9.17) is 5.73 Å². The van der Waals surface area contributed by atoms with Crippen LogP contribution in [0.1, 0.15) is 34.3 Å². The molecule has 1 aliphatic heterocycles. The summed E-state index contributed by atoms with van der Waals surface area (Å²) in [6, 6.07) is 10.1. The normalized spacial score (nSPS) is 13.8. The third-order valence-corrected chi connectivity index (χ3v) is 6.22. The Balaban J connectivity index is 1.51. The minimum absolute atomic E-state index is 0.138. The zero-order valence-corrected chi connectivity index (χ0v) is 20.8. The summed E-state index contributed by atoms with van der Waals surface area (Å²) >= 11 is 0. The Hall–Kier alpha value is -4.19. The summed E-state index contributed by atoms with van der Waals surface area (Å²) in [6.07, 6.45) is -1.04. The highest BCUT2D eigenvalue weighted by molar-refractivity contribution is 6.05. The van der Waals surface area contributed by atoms with Gasteiger partial charge in [0, 0.05) is 36.1 Å². The van der Waals surface area contributed by atoms with Gasteiger partial charge in [0.25, 0.3) is 5.91 Å². The molecule has 200 valence electrons. The lowest BCUT2D eigenvalue weighted by Crippen LogP contribution is -2.41. The van der Waals surface area contributed by atoms with Crippen LogP contribution in [-0.4, -0.2) is 53.0 Å². The zero-order valence-electron chi connectivity index (χ0n) is 20.8. The Morgan fingerprint density at radius 3 is 2.53 bits per heavy atom. The van der Waals surface area contributed by atoms with Crippen molar-refractivity contribution in [1.29, 1.82) is 0 Å². The number of halogens is 3. The summed E-state index contributed by atoms with van der Waals surface area (Å²) in [6.45, 7) is 4.74. The molecular weight excluding hydrogens is 499 g/mol. The molecule has 9 nitrogen and oxygen atoms in total. The number of carbonyl (C=O) groups is 2. The lowest BCUT2D eigenvalue weighted by molar-refractivity contribution is -0.137. The summed E-state index contributed by atoms with van der Waals surface area (Å²) in [5, 5.41) is 5.45. The highest BCUT2D eigenvalue weighted by Gasteiger charge is 2.31. The van der Waals surface area contributed by atoms with E-state index < -0.39 is 23.7 Å². The number of anilines is 4. The molecular formula is C26H28F3N7O2. The van der Waals surface area contributed by atoms with E-state index in [1.807, 2.05) is 0 Å². The van der Waals surface area contributed by atoms with Crippen LogP contribution in [-0.2, 0) is 6.18 Å². The van der Waals surface area contributed by atoms with Gasteiger partial charge in [0.1, 0.15) is 18.0 Å². The van der Waals surface area contributed by atoms with Crippen LogP contribution in [0.25, 0.3) is 0 Å². The number of rotatable bonds is 7. The van der Waals surface area contributed by atoms with E-state index in [9.17, 15) is 22.8 Å². The largest absolute Gasteiger partial charge is 0.416 e. The number of alkyl halides is 3. The summed E-state index contributed by atoms with van der Waals surface area (Å²) in [5.74, 6) is -0.133. The number of likely N-dealkylation sites (tertiary alicyclic amines) is 1. The van der Waals surface area contributed by atoms with E-state index >= 15 is 0 Å². The van der Waals surface area contributed by atoms with Crippen LogP contribution in [0.4, 0.5) is 41.0 Å². The van der Waals surface area contributed by atoms with E-state index in [0.29, 0.717) is 30.3 Å². The van der Waals surface area contributed by atoms with Crippen molar-refractivity contribution >= 4 is 34.9 Å². The number of aryl methyl sites for hydroxylation is 1. The summed E-state index contributed by atoms with van der Waals surface area (Å²) in [5.41, 5.74) is 6.21. The van der Waals surface area contributed by atoms with E-state index in [0.717, 1.165) is 43.6 Å². The Kier molecular flexibility index (Phi) is 8.10. The maximum absolute atomic E-state index is 13.4. The smallest absolute Gasteiger partial charge is 0.384 e.